The van der Waals surface area contributed by atoms with E-state index in [9.17, 15) is 51.9 Å². The molecule has 0 saturated carbocycles. The van der Waals surface area contributed by atoms with Gasteiger partial charge in [-0.1, -0.05) is 23.7 Å². The van der Waals surface area contributed by atoms with Gasteiger partial charge in [-0.15, -0.1) is 5.10 Å². The summed E-state index contributed by atoms with van der Waals surface area (Å²) in [5.41, 5.74) is 1.73. The SMILES string of the molecule is CN1CC[C@H]2CC[C@@H](C(=O)N[C@@H](CCC(N)=O)COc3cccc(N4CCN(Cc5ccc(N6CCC(=O)NC6=O)nn5)CC4)c3Cl)N2C(=O)[C@@H](NC(=O)c2cc3cc(C(F)(F)P(=O)(O)O)ccc3[nH]2)C1. The zero-order chi connectivity index (χ0) is 50.8. The number of carbonyl (C=O) groups is 6. The molecule has 71 heavy (non-hydrogen) atoms. The Hall–Kier alpha value is -6.30. The third-order valence-corrected chi connectivity index (χ3v) is 14.6. The van der Waals surface area contributed by atoms with Crippen LogP contribution in [0.2, 0.25) is 5.02 Å². The third-order valence-electron chi connectivity index (χ3n) is 13.2. The molecule has 0 bridgehead atoms. The number of rotatable bonds is 16. The van der Waals surface area contributed by atoms with Crippen molar-refractivity contribution in [2.75, 3.05) is 69.3 Å². The van der Waals surface area contributed by atoms with Crippen molar-refractivity contribution in [3.8, 4) is 5.75 Å². The van der Waals surface area contributed by atoms with E-state index in [-0.39, 0.29) is 67.5 Å². The smallest absolute Gasteiger partial charge is 0.399 e. The number of halogens is 3. The minimum Gasteiger partial charge on any atom is -0.490 e. The summed E-state index contributed by atoms with van der Waals surface area (Å²) in [7, 11) is -4.05. The van der Waals surface area contributed by atoms with Gasteiger partial charge in [0.25, 0.3) is 5.91 Å². The maximum Gasteiger partial charge on any atom is 0.399 e. The molecule has 0 aliphatic carbocycles. The van der Waals surface area contributed by atoms with Crippen molar-refractivity contribution >= 4 is 77.2 Å². The largest absolute Gasteiger partial charge is 0.490 e. The number of nitrogens with two attached hydrogens (primary N) is 1. The molecule has 4 aliphatic heterocycles. The Balaban J connectivity index is 0.886. The average molecular weight is 1030 g/mol. The summed E-state index contributed by atoms with van der Waals surface area (Å²) in [5, 5.41) is 16.9. The van der Waals surface area contributed by atoms with E-state index in [2.05, 4.69) is 40.9 Å². The molecular weight excluding hydrogens is 973 g/mol. The molecule has 4 aliphatic rings. The number of fused-ring (bicyclic) bond motifs is 2. The number of anilines is 2. The van der Waals surface area contributed by atoms with Crippen LogP contribution in [0.15, 0.2) is 54.6 Å². The first kappa shape index (κ1) is 51.1. The van der Waals surface area contributed by atoms with Crippen molar-refractivity contribution in [1.82, 2.24) is 45.8 Å². The minimum absolute atomic E-state index is 0.0720. The standard InChI is InChI=1S/C45H54ClF2N12O10P/c1-56-15-13-30-8-10-35(60(30)43(65)33(24-56)52-41(63)32-22-26-21-27(5-9-31(26)51-32)45(47,48)71(67,68)69)42(64)50-29(6-11-37(49)61)25-70-36-4-2-3-34(40(36)46)58-19-17-57(18-20-58)23-28-7-12-38(55-54-28)59-16-14-39(62)53-44(59)66/h2-5,7,9,12,21-22,29-30,33,35,51H,6,8,10-11,13-20,23-25H2,1H3,(H2,49,61)(H,50,64)(H,52,63)(H,53,62,66)(H2,67,68,69)/t29-,30+,33-,35-/m0/s1. The quantitative estimate of drug-likeness (QED) is 0.0793. The summed E-state index contributed by atoms with van der Waals surface area (Å²) in [5.74, 6) is -1.94. The molecule has 2 aromatic heterocycles. The van der Waals surface area contributed by atoms with Crippen molar-refractivity contribution in [2.45, 2.75) is 74.9 Å². The maximum absolute atomic E-state index is 14.5. The predicted octanol–water partition coefficient (Wildman–Crippen LogP) is 2.23. The highest BCUT2D eigenvalue weighted by Crippen LogP contribution is 2.59. The van der Waals surface area contributed by atoms with Crippen LogP contribution >= 0.6 is 19.2 Å². The number of carbonyl (C=O) groups excluding carboxylic acids is 6. The van der Waals surface area contributed by atoms with E-state index >= 15 is 0 Å². The van der Waals surface area contributed by atoms with Crippen LogP contribution in [-0.4, -0.2) is 159 Å². The number of piperazine rings is 1. The normalized spacial score (nSPS) is 21.1. The molecule has 0 radical (unpaired) electrons. The number of ether oxygens (including phenoxy) is 1. The minimum atomic E-state index is -5.85. The molecule has 6 heterocycles. The van der Waals surface area contributed by atoms with Crippen LogP contribution in [0.3, 0.4) is 0 Å². The van der Waals surface area contributed by atoms with Gasteiger partial charge < -0.3 is 50.6 Å². The number of nitrogens with one attached hydrogen (secondary N) is 4. The van der Waals surface area contributed by atoms with Gasteiger partial charge in [-0.05, 0) is 81.7 Å². The van der Waals surface area contributed by atoms with Gasteiger partial charge in [0.15, 0.2) is 5.82 Å². The number of H-pyrrole nitrogens is 1. The van der Waals surface area contributed by atoms with E-state index in [0.717, 1.165) is 23.5 Å². The number of primary amides is 1. The topological polar surface area (TPSA) is 289 Å². The van der Waals surface area contributed by atoms with Gasteiger partial charge in [0.2, 0.25) is 23.6 Å². The Labute approximate surface area is 410 Å². The maximum atomic E-state index is 14.5. The molecule has 8 N–H and O–H groups in total. The Morgan fingerprint density at radius 1 is 1.00 bits per heavy atom. The number of likely N-dealkylation sites (N-methyl/N-ethyl adjacent to an activating group) is 1. The summed E-state index contributed by atoms with van der Waals surface area (Å²) in [6, 6.07) is 9.38. The fourth-order valence-corrected chi connectivity index (χ4v) is 10.1. The third kappa shape index (κ3) is 11.6. The first-order valence-corrected chi connectivity index (χ1v) is 25.0. The number of urea groups is 1. The number of imide groups is 1. The number of alkyl halides is 2. The molecule has 4 fully saturated rings. The van der Waals surface area contributed by atoms with E-state index in [1.807, 2.05) is 11.0 Å². The fraction of sp³-hybridized carbons (Fsp3) is 0.467. The first-order chi connectivity index (χ1) is 33.7. The van der Waals surface area contributed by atoms with Crippen LogP contribution in [0.1, 0.15) is 60.3 Å². The van der Waals surface area contributed by atoms with E-state index in [1.165, 1.54) is 21.9 Å². The van der Waals surface area contributed by atoms with Gasteiger partial charge in [0, 0.05) is 81.2 Å². The molecular formula is C45H54ClF2N12O10P. The number of hydrogen-bond acceptors (Lipinski definition) is 13. The number of hydrogen-bond donors (Lipinski definition) is 7. The highest BCUT2D eigenvalue weighted by atomic mass is 35.5. The van der Waals surface area contributed by atoms with Gasteiger partial charge in [0.05, 0.1) is 17.4 Å². The molecule has 26 heteroatoms. The second kappa shape index (κ2) is 21.2. The monoisotopic (exact) mass is 1030 g/mol. The van der Waals surface area contributed by atoms with Crippen molar-refractivity contribution in [3.05, 3.63) is 76.6 Å². The van der Waals surface area contributed by atoms with E-state index in [1.54, 1.807) is 31.3 Å². The zero-order valence-electron chi connectivity index (χ0n) is 38.6. The van der Waals surface area contributed by atoms with Crippen LogP contribution in [0.25, 0.3) is 10.9 Å². The van der Waals surface area contributed by atoms with Crippen molar-refractivity contribution in [1.29, 1.82) is 0 Å². The lowest BCUT2D eigenvalue weighted by atomic mass is 10.1. The van der Waals surface area contributed by atoms with Crippen molar-refractivity contribution < 1.29 is 56.6 Å². The molecule has 22 nitrogen and oxygen atoms in total. The second-order valence-electron chi connectivity index (χ2n) is 18.2. The first-order valence-electron chi connectivity index (χ1n) is 23.0. The molecule has 2 aromatic carbocycles. The summed E-state index contributed by atoms with van der Waals surface area (Å²) in [6.45, 7) is 3.91. The molecule has 4 saturated heterocycles. The van der Waals surface area contributed by atoms with E-state index in [4.69, 9.17) is 22.1 Å². The predicted molar refractivity (Wildman–Crippen MR) is 254 cm³/mol. The van der Waals surface area contributed by atoms with Gasteiger partial charge in [-0.2, -0.15) is 13.9 Å². The summed E-state index contributed by atoms with van der Waals surface area (Å²) >= 11 is 6.96. The molecule has 0 spiro atoms. The number of aromatic amines is 1. The molecule has 8 rings (SSSR count). The van der Waals surface area contributed by atoms with E-state index < -0.39 is 66.6 Å². The second-order valence-corrected chi connectivity index (χ2v) is 20.2. The number of amides is 7. The highest BCUT2D eigenvalue weighted by molar-refractivity contribution is 7.52. The summed E-state index contributed by atoms with van der Waals surface area (Å²) < 4.78 is 46.7. The number of nitrogens with zero attached hydrogens (tertiary/aromatic N) is 7. The van der Waals surface area contributed by atoms with Crippen molar-refractivity contribution in [3.63, 3.8) is 0 Å². The van der Waals surface area contributed by atoms with Crippen LogP contribution < -0.4 is 36.2 Å². The lowest BCUT2D eigenvalue weighted by Crippen LogP contribution is -2.60. The van der Waals surface area contributed by atoms with Crippen LogP contribution in [-0.2, 0) is 36.0 Å². The molecule has 4 atom stereocenters. The zero-order valence-corrected chi connectivity index (χ0v) is 40.2. The van der Waals surface area contributed by atoms with Crippen LogP contribution in [0, 0.1) is 0 Å². The summed E-state index contributed by atoms with van der Waals surface area (Å²) in [6.07, 6.45) is 1.62. The number of aromatic nitrogens is 3. The molecule has 4 aromatic rings. The Kier molecular flexibility index (Phi) is 15.2. The van der Waals surface area contributed by atoms with Gasteiger partial charge in [-0.25, -0.2) is 4.79 Å². The molecule has 380 valence electrons. The fourth-order valence-electron chi connectivity index (χ4n) is 9.34. The highest BCUT2D eigenvalue weighted by Gasteiger charge is 2.50. The lowest BCUT2D eigenvalue weighted by molar-refractivity contribution is -0.143. The molecule has 7 amide bonds. The Morgan fingerprint density at radius 2 is 1.77 bits per heavy atom. The number of benzene rings is 2. The Bertz CT molecular complexity index is 2740. The van der Waals surface area contributed by atoms with Gasteiger partial charge >= 0.3 is 19.3 Å². The molecule has 0 unspecified atom stereocenters. The summed E-state index contributed by atoms with van der Waals surface area (Å²) in [4.78, 5) is 108. The Morgan fingerprint density at radius 3 is 2.48 bits per heavy atom. The van der Waals surface area contributed by atoms with Crippen LogP contribution in [0.5, 0.6) is 5.75 Å². The lowest BCUT2D eigenvalue weighted by Gasteiger charge is -2.38. The van der Waals surface area contributed by atoms with Crippen LogP contribution in [0.4, 0.5) is 25.1 Å². The van der Waals surface area contributed by atoms with E-state index in [0.29, 0.717) is 75.1 Å². The van der Waals surface area contributed by atoms with Gasteiger partial charge in [0.1, 0.15) is 35.2 Å². The van der Waals surface area contributed by atoms with Gasteiger partial charge in [-0.3, -0.25) is 43.7 Å². The van der Waals surface area contributed by atoms with Crippen molar-refractivity contribution in [2.24, 2.45) is 5.73 Å². The average Bonchev–Trinajstić information content (AvgIpc) is 3.96.